The molecule has 14 heavy (non-hydrogen) atoms. The lowest BCUT2D eigenvalue weighted by atomic mass is 10.3. The molecule has 0 amide bonds. The number of hydrogen-bond donors (Lipinski definition) is 1. The van der Waals surface area contributed by atoms with Crippen LogP contribution in [0.2, 0.25) is 0 Å². The summed E-state index contributed by atoms with van der Waals surface area (Å²) in [4.78, 5) is 0. The van der Waals surface area contributed by atoms with Gasteiger partial charge in [0, 0.05) is 6.54 Å². The number of nitrogens with one attached hydrogen (secondary N) is 1. The monoisotopic (exact) mass is 197 g/mol. The maximum absolute atomic E-state index is 5.58. The first-order valence-electron chi connectivity index (χ1n) is 5.07. The first-order chi connectivity index (χ1) is 6.68. The summed E-state index contributed by atoms with van der Waals surface area (Å²) in [5, 5.41) is 3.27. The van der Waals surface area contributed by atoms with Gasteiger partial charge in [-0.25, -0.2) is 0 Å². The lowest BCUT2D eigenvalue weighted by Crippen LogP contribution is -2.28. The maximum Gasteiger partial charge on any atom is 0.117 e. The van der Waals surface area contributed by atoms with E-state index in [1.807, 2.05) is 26.0 Å². The second-order valence-corrected chi connectivity index (χ2v) is 3.71. The van der Waals surface area contributed by atoms with E-state index in [2.05, 4.69) is 12.2 Å². The van der Waals surface area contributed by atoms with Gasteiger partial charge in [0.15, 0.2) is 0 Å². The third-order valence-corrected chi connectivity index (χ3v) is 1.82. The van der Waals surface area contributed by atoms with Gasteiger partial charge in [0.2, 0.25) is 0 Å². The summed E-state index contributed by atoms with van der Waals surface area (Å²) in [7, 11) is 0. The largest absolute Gasteiger partial charge is 0.468 e. The van der Waals surface area contributed by atoms with Gasteiger partial charge >= 0.3 is 0 Å². The van der Waals surface area contributed by atoms with Crippen molar-refractivity contribution in [2.45, 2.75) is 39.5 Å². The van der Waals surface area contributed by atoms with Crippen molar-refractivity contribution in [3.8, 4) is 0 Å². The molecule has 0 aromatic carbocycles. The number of rotatable bonds is 6. The van der Waals surface area contributed by atoms with Crippen LogP contribution in [0.25, 0.3) is 0 Å². The zero-order valence-corrected chi connectivity index (χ0v) is 9.12. The highest BCUT2D eigenvalue weighted by molar-refractivity contribution is 4.97. The molecular weight excluding hydrogens is 178 g/mol. The first-order valence-corrected chi connectivity index (χ1v) is 5.07. The Labute approximate surface area is 85.4 Å². The van der Waals surface area contributed by atoms with E-state index < -0.39 is 0 Å². The Morgan fingerprint density at radius 3 is 2.79 bits per heavy atom. The van der Waals surface area contributed by atoms with Gasteiger partial charge in [0.05, 0.1) is 25.0 Å². The molecule has 0 bridgehead atoms. The van der Waals surface area contributed by atoms with E-state index in [-0.39, 0.29) is 12.2 Å². The van der Waals surface area contributed by atoms with E-state index in [1.54, 1.807) is 6.26 Å². The van der Waals surface area contributed by atoms with Gasteiger partial charge in [-0.05, 0) is 32.9 Å². The molecule has 3 heteroatoms. The fraction of sp³-hybridized carbons (Fsp3) is 0.636. The summed E-state index contributed by atoms with van der Waals surface area (Å²) < 4.78 is 10.8. The number of ether oxygens (including phenoxy) is 1. The summed E-state index contributed by atoms with van der Waals surface area (Å²) in [5.41, 5.74) is 0. The Morgan fingerprint density at radius 2 is 2.21 bits per heavy atom. The van der Waals surface area contributed by atoms with Gasteiger partial charge in [0.1, 0.15) is 5.76 Å². The summed E-state index contributed by atoms with van der Waals surface area (Å²) >= 11 is 0. The van der Waals surface area contributed by atoms with Crippen molar-refractivity contribution >= 4 is 0 Å². The van der Waals surface area contributed by atoms with Gasteiger partial charge in [0.25, 0.3) is 0 Å². The van der Waals surface area contributed by atoms with Gasteiger partial charge in [-0.2, -0.15) is 0 Å². The molecule has 1 N–H and O–H groups in total. The Kier molecular flexibility index (Phi) is 4.70. The predicted octanol–water partition coefficient (Wildman–Crippen LogP) is 2.18. The summed E-state index contributed by atoms with van der Waals surface area (Å²) in [5.74, 6) is 0.960. The van der Waals surface area contributed by atoms with Crippen LogP contribution in [-0.4, -0.2) is 18.8 Å². The number of hydrogen-bond acceptors (Lipinski definition) is 3. The molecule has 1 rings (SSSR count). The molecule has 1 aromatic rings. The molecule has 1 atom stereocenters. The molecule has 1 aromatic heterocycles. The van der Waals surface area contributed by atoms with Crippen LogP contribution in [0.3, 0.4) is 0 Å². The molecule has 0 spiro atoms. The number of furan rings is 1. The summed E-state index contributed by atoms with van der Waals surface area (Å²) in [6, 6.07) is 3.85. The minimum atomic E-state index is 0.241. The second kappa shape index (κ2) is 5.83. The molecular formula is C11H19NO2. The highest BCUT2D eigenvalue weighted by Crippen LogP contribution is 2.00. The van der Waals surface area contributed by atoms with Crippen LogP contribution in [0.5, 0.6) is 0 Å². The van der Waals surface area contributed by atoms with Crippen molar-refractivity contribution in [2.24, 2.45) is 0 Å². The van der Waals surface area contributed by atoms with Crippen molar-refractivity contribution in [3.05, 3.63) is 24.2 Å². The molecule has 0 radical (unpaired) electrons. The topological polar surface area (TPSA) is 34.4 Å². The van der Waals surface area contributed by atoms with Crippen LogP contribution in [0.4, 0.5) is 0 Å². The molecule has 0 fully saturated rings. The van der Waals surface area contributed by atoms with E-state index in [1.165, 1.54) is 0 Å². The molecule has 0 saturated heterocycles. The zero-order valence-electron chi connectivity index (χ0n) is 9.12. The third-order valence-electron chi connectivity index (χ3n) is 1.82. The van der Waals surface area contributed by atoms with Crippen LogP contribution < -0.4 is 5.32 Å². The van der Waals surface area contributed by atoms with Crippen molar-refractivity contribution in [1.82, 2.24) is 5.32 Å². The molecule has 80 valence electrons. The lowest BCUT2D eigenvalue weighted by molar-refractivity contribution is 0.0192. The SMILES string of the molecule is CC(C)OC(C)CNCc1ccco1. The molecule has 0 aliphatic heterocycles. The summed E-state index contributed by atoms with van der Waals surface area (Å²) in [6.07, 6.45) is 2.21. The molecule has 1 unspecified atom stereocenters. The second-order valence-electron chi connectivity index (χ2n) is 3.71. The van der Waals surface area contributed by atoms with E-state index in [0.717, 1.165) is 18.8 Å². The van der Waals surface area contributed by atoms with E-state index in [9.17, 15) is 0 Å². The van der Waals surface area contributed by atoms with Crippen LogP contribution in [0.15, 0.2) is 22.8 Å². The zero-order chi connectivity index (χ0) is 10.4. The minimum Gasteiger partial charge on any atom is -0.468 e. The van der Waals surface area contributed by atoms with Crippen molar-refractivity contribution in [3.63, 3.8) is 0 Å². The molecule has 3 nitrogen and oxygen atoms in total. The molecule has 0 saturated carbocycles. The van der Waals surface area contributed by atoms with Crippen LogP contribution in [0, 0.1) is 0 Å². The van der Waals surface area contributed by atoms with Gasteiger partial charge in [-0.1, -0.05) is 0 Å². The summed E-state index contributed by atoms with van der Waals surface area (Å²) in [6.45, 7) is 7.76. The van der Waals surface area contributed by atoms with Gasteiger partial charge in [-0.15, -0.1) is 0 Å². The normalized spacial score (nSPS) is 13.4. The Bertz CT molecular complexity index is 231. The Balaban J connectivity index is 2.09. The van der Waals surface area contributed by atoms with E-state index in [4.69, 9.17) is 9.15 Å². The molecule has 0 aliphatic rings. The fourth-order valence-corrected chi connectivity index (χ4v) is 1.32. The fourth-order valence-electron chi connectivity index (χ4n) is 1.32. The lowest BCUT2D eigenvalue weighted by Gasteiger charge is -2.16. The van der Waals surface area contributed by atoms with Crippen LogP contribution >= 0.6 is 0 Å². The smallest absolute Gasteiger partial charge is 0.117 e. The van der Waals surface area contributed by atoms with Gasteiger partial charge in [-0.3, -0.25) is 0 Å². The quantitative estimate of drug-likeness (QED) is 0.759. The van der Waals surface area contributed by atoms with Crippen molar-refractivity contribution < 1.29 is 9.15 Å². The van der Waals surface area contributed by atoms with Crippen molar-refractivity contribution in [1.29, 1.82) is 0 Å². The highest BCUT2D eigenvalue weighted by atomic mass is 16.5. The average Bonchev–Trinajstić information content (AvgIpc) is 2.55. The van der Waals surface area contributed by atoms with Crippen molar-refractivity contribution in [2.75, 3.05) is 6.54 Å². The van der Waals surface area contributed by atoms with Crippen LogP contribution in [0.1, 0.15) is 26.5 Å². The third kappa shape index (κ3) is 4.44. The van der Waals surface area contributed by atoms with E-state index in [0.29, 0.717) is 0 Å². The maximum atomic E-state index is 5.58. The average molecular weight is 197 g/mol. The minimum absolute atomic E-state index is 0.241. The highest BCUT2D eigenvalue weighted by Gasteiger charge is 2.04. The Hall–Kier alpha value is -0.800. The van der Waals surface area contributed by atoms with Gasteiger partial charge < -0.3 is 14.5 Å². The first kappa shape index (κ1) is 11.3. The predicted molar refractivity (Wildman–Crippen MR) is 56.1 cm³/mol. The molecule has 1 heterocycles. The standard InChI is InChI=1S/C11H19NO2/c1-9(2)14-10(3)7-12-8-11-5-4-6-13-11/h4-6,9-10,12H,7-8H2,1-3H3. The van der Waals surface area contributed by atoms with E-state index >= 15 is 0 Å². The van der Waals surface area contributed by atoms with Crippen LogP contribution in [-0.2, 0) is 11.3 Å². The Morgan fingerprint density at radius 1 is 1.43 bits per heavy atom. The molecule has 0 aliphatic carbocycles.